The number of imidazole rings is 1. The highest BCUT2D eigenvalue weighted by Gasteiger charge is 2.28. The Morgan fingerprint density at radius 3 is 2.80 bits per heavy atom. The minimum Gasteiger partial charge on any atom is -0.338 e. The minimum atomic E-state index is -0.323. The van der Waals surface area contributed by atoms with Crippen LogP contribution in [0.4, 0.5) is 4.39 Å². The van der Waals surface area contributed by atoms with E-state index in [4.69, 9.17) is 0 Å². The molecule has 134 valence electrons. The number of carbonyl (C=O) groups is 1. The Kier molecular flexibility index (Phi) is 5.48. The van der Waals surface area contributed by atoms with Crippen molar-refractivity contribution in [2.24, 2.45) is 0 Å². The van der Waals surface area contributed by atoms with E-state index in [1.54, 1.807) is 12.1 Å². The molecule has 0 radical (unpaired) electrons. The Labute approximate surface area is 148 Å². The predicted molar refractivity (Wildman–Crippen MR) is 95.1 cm³/mol. The predicted octanol–water partition coefficient (Wildman–Crippen LogP) is 2.60. The largest absolute Gasteiger partial charge is 0.338 e. The van der Waals surface area contributed by atoms with Crippen molar-refractivity contribution in [2.75, 3.05) is 33.7 Å². The van der Waals surface area contributed by atoms with E-state index in [1.807, 2.05) is 17.3 Å². The second kappa shape index (κ2) is 7.78. The molecule has 0 bridgehead atoms. The molecule has 2 heterocycles. The molecule has 1 atom stereocenters. The van der Waals surface area contributed by atoms with Crippen molar-refractivity contribution in [3.8, 4) is 0 Å². The van der Waals surface area contributed by atoms with Crippen molar-refractivity contribution in [3.05, 3.63) is 53.9 Å². The molecule has 0 unspecified atom stereocenters. The molecule has 2 aromatic rings. The molecule has 25 heavy (non-hydrogen) atoms. The van der Waals surface area contributed by atoms with Crippen molar-refractivity contribution in [2.45, 2.75) is 25.3 Å². The second-order valence-corrected chi connectivity index (χ2v) is 6.88. The lowest BCUT2D eigenvalue weighted by molar-refractivity contribution is 0.0703. The van der Waals surface area contributed by atoms with Crippen molar-refractivity contribution in [3.63, 3.8) is 0 Å². The highest BCUT2D eigenvalue weighted by atomic mass is 19.1. The van der Waals surface area contributed by atoms with Gasteiger partial charge < -0.3 is 14.4 Å². The van der Waals surface area contributed by atoms with Crippen LogP contribution in [0.25, 0.3) is 0 Å². The fraction of sp³-hybridized carbons (Fsp3) is 0.474. The van der Waals surface area contributed by atoms with Crippen LogP contribution in [0.5, 0.6) is 0 Å². The van der Waals surface area contributed by atoms with Gasteiger partial charge in [-0.15, -0.1) is 0 Å². The highest BCUT2D eigenvalue weighted by molar-refractivity contribution is 5.94. The first-order chi connectivity index (χ1) is 12.0. The maximum absolute atomic E-state index is 13.1. The van der Waals surface area contributed by atoms with Crippen molar-refractivity contribution in [1.29, 1.82) is 0 Å². The third kappa shape index (κ3) is 4.25. The molecule has 3 rings (SSSR count). The summed E-state index contributed by atoms with van der Waals surface area (Å²) < 4.78 is 15.3. The summed E-state index contributed by atoms with van der Waals surface area (Å²) in [4.78, 5) is 21.3. The molecule has 0 saturated carbocycles. The topological polar surface area (TPSA) is 41.4 Å². The average Bonchev–Trinajstić information content (AvgIpc) is 3.09. The number of aromatic nitrogens is 2. The summed E-state index contributed by atoms with van der Waals surface area (Å²) in [6, 6.07) is 5.78. The van der Waals surface area contributed by atoms with Gasteiger partial charge in [-0.2, -0.15) is 0 Å². The average molecular weight is 344 g/mol. The summed E-state index contributed by atoms with van der Waals surface area (Å²) in [6.07, 6.45) is 5.84. The van der Waals surface area contributed by atoms with Gasteiger partial charge in [0, 0.05) is 50.1 Å². The van der Waals surface area contributed by atoms with Gasteiger partial charge in [0.15, 0.2) is 0 Å². The van der Waals surface area contributed by atoms with E-state index in [9.17, 15) is 9.18 Å². The summed E-state index contributed by atoms with van der Waals surface area (Å²) in [5.74, 6) is 0.945. The van der Waals surface area contributed by atoms with Gasteiger partial charge in [0.1, 0.15) is 11.6 Å². The lowest BCUT2D eigenvalue weighted by Crippen LogP contribution is -2.39. The summed E-state index contributed by atoms with van der Waals surface area (Å²) in [6.45, 7) is 3.25. The van der Waals surface area contributed by atoms with E-state index in [0.29, 0.717) is 12.1 Å². The maximum atomic E-state index is 13.1. The zero-order valence-electron chi connectivity index (χ0n) is 14.9. The van der Waals surface area contributed by atoms with Crippen LogP contribution < -0.4 is 0 Å². The number of likely N-dealkylation sites (N-methyl/N-ethyl adjacent to an activating group) is 1. The van der Waals surface area contributed by atoms with Crippen molar-refractivity contribution >= 4 is 5.91 Å². The molecule has 1 saturated heterocycles. The van der Waals surface area contributed by atoms with Crippen LogP contribution in [0, 0.1) is 5.82 Å². The van der Waals surface area contributed by atoms with Gasteiger partial charge in [-0.05, 0) is 51.2 Å². The Bertz CT molecular complexity index is 710. The Morgan fingerprint density at radius 2 is 2.08 bits per heavy atom. The second-order valence-electron chi connectivity index (χ2n) is 6.88. The molecule has 0 N–H and O–H groups in total. The van der Waals surface area contributed by atoms with Gasteiger partial charge in [0.25, 0.3) is 5.91 Å². The van der Waals surface area contributed by atoms with Crippen LogP contribution in [0.1, 0.15) is 34.9 Å². The van der Waals surface area contributed by atoms with E-state index >= 15 is 0 Å². The van der Waals surface area contributed by atoms with E-state index in [2.05, 4.69) is 28.5 Å². The summed E-state index contributed by atoms with van der Waals surface area (Å²) in [7, 11) is 4.11. The van der Waals surface area contributed by atoms with Crippen LogP contribution in [0.3, 0.4) is 0 Å². The van der Waals surface area contributed by atoms with Crippen LogP contribution in [0.15, 0.2) is 36.7 Å². The van der Waals surface area contributed by atoms with Gasteiger partial charge in [-0.1, -0.05) is 0 Å². The van der Waals surface area contributed by atoms with Gasteiger partial charge in [0.05, 0.1) is 0 Å². The molecule has 1 aliphatic heterocycles. The number of halogens is 1. The molecule has 0 spiro atoms. The molecular weight excluding hydrogens is 319 g/mol. The Morgan fingerprint density at radius 1 is 1.32 bits per heavy atom. The third-order valence-electron chi connectivity index (χ3n) is 4.70. The first kappa shape index (κ1) is 17.6. The minimum absolute atomic E-state index is 0.0314. The number of nitrogens with zero attached hydrogens (tertiary/aromatic N) is 4. The summed E-state index contributed by atoms with van der Waals surface area (Å²) in [5, 5.41) is 0. The van der Waals surface area contributed by atoms with Crippen LogP contribution in [0.2, 0.25) is 0 Å². The van der Waals surface area contributed by atoms with E-state index < -0.39 is 0 Å². The Hall–Kier alpha value is -2.21. The molecule has 1 aromatic carbocycles. The Balaban J connectivity index is 1.70. The zero-order valence-corrected chi connectivity index (χ0v) is 14.9. The van der Waals surface area contributed by atoms with Gasteiger partial charge in [-0.25, -0.2) is 9.37 Å². The SMILES string of the molecule is CN(C)CCn1ccnc1[C@H]1CCCN(C(=O)c2ccc(F)cc2)C1. The highest BCUT2D eigenvalue weighted by Crippen LogP contribution is 2.27. The van der Waals surface area contributed by atoms with Gasteiger partial charge in [0.2, 0.25) is 0 Å². The number of hydrogen-bond acceptors (Lipinski definition) is 3. The molecule has 1 aromatic heterocycles. The number of hydrogen-bond donors (Lipinski definition) is 0. The quantitative estimate of drug-likeness (QED) is 0.837. The first-order valence-corrected chi connectivity index (χ1v) is 8.75. The van der Waals surface area contributed by atoms with Crippen molar-refractivity contribution in [1.82, 2.24) is 19.4 Å². The molecule has 1 amide bonds. The molecule has 0 aliphatic carbocycles. The van der Waals surface area contributed by atoms with Crippen LogP contribution in [-0.4, -0.2) is 59.0 Å². The molecule has 1 aliphatic rings. The zero-order chi connectivity index (χ0) is 17.8. The number of piperidine rings is 1. The van der Waals surface area contributed by atoms with Gasteiger partial charge in [-0.3, -0.25) is 4.79 Å². The normalized spacial score (nSPS) is 17.9. The van der Waals surface area contributed by atoms with Crippen LogP contribution >= 0.6 is 0 Å². The number of likely N-dealkylation sites (tertiary alicyclic amines) is 1. The first-order valence-electron chi connectivity index (χ1n) is 8.75. The monoisotopic (exact) mass is 344 g/mol. The number of amides is 1. The lowest BCUT2D eigenvalue weighted by Gasteiger charge is -2.33. The lowest BCUT2D eigenvalue weighted by atomic mass is 9.96. The van der Waals surface area contributed by atoms with E-state index in [0.717, 1.165) is 38.3 Å². The smallest absolute Gasteiger partial charge is 0.253 e. The standard InChI is InChI=1S/C19H25FN4O/c1-22(2)12-13-23-11-9-21-18(23)16-4-3-10-24(14-16)19(25)15-5-7-17(20)8-6-15/h5-9,11,16H,3-4,10,12-14H2,1-2H3/t16-/m0/s1. The molecule has 6 heteroatoms. The summed E-state index contributed by atoms with van der Waals surface area (Å²) in [5.41, 5.74) is 0.540. The van der Waals surface area contributed by atoms with Crippen LogP contribution in [-0.2, 0) is 6.54 Å². The number of carbonyl (C=O) groups excluding carboxylic acids is 1. The van der Waals surface area contributed by atoms with E-state index in [-0.39, 0.29) is 17.6 Å². The number of benzene rings is 1. The van der Waals surface area contributed by atoms with Crippen molar-refractivity contribution < 1.29 is 9.18 Å². The number of rotatable bonds is 5. The molecular formula is C19H25FN4O. The molecule has 5 nitrogen and oxygen atoms in total. The van der Waals surface area contributed by atoms with E-state index in [1.165, 1.54) is 12.1 Å². The maximum Gasteiger partial charge on any atom is 0.253 e. The fourth-order valence-corrected chi connectivity index (χ4v) is 3.32. The molecule has 1 fully saturated rings. The third-order valence-corrected chi connectivity index (χ3v) is 4.70. The fourth-order valence-electron chi connectivity index (χ4n) is 3.32. The van der Waals surface area contributed by atoms with Gasteiger partial charge >= 0.3 is 0 Å². The summed E-state index contributed by atoms with van der Waals surface area (Å²) >= 11 is 0.